The van der Waals surface area contributed by atoms with E-state index in [1.807, 2.05) is 20.8 Å². The first-order chi connectivity index (χ1) is 19.0. The second-order valence-electron chi connectivity index (χ2n) is 12.3. The van der Waals surface area contributed by atoms with Crippen LogP contribution < -0.4 is 15.0 Å². The molecule has 2 aliphatic rings. The molecule has 4 rings (SSSR count). The molecule has 1 aromatic heterocycles. The average molecular weight is 556 g/mol. The Kier molecular flexibility index (Phi) is 9.61. The highest BCUT2D eigenvalue weighted by Crippen LogP contribution is 2.44. The summed E-state index contributed by atoms with van der Waals surface area (Å²) in [6, 6.07) is 5.02. The van der Waals surface area contributed by atoms with E-state index >= 15 is 0 Å². The van der Waals surface area contributed by atoms with Crippen LogP contribution in [0.15, 0.2) is 24.5 Å². The third-order valence-electron chi connectivity index (χ3n) is 8.22. The lowest BCUT2D eigenvalue weighted by atomic mass is 9.76. The van der Waals surface area contributed by atoms with Crippen LogP contribution in [-0.2, 0) is 0 Å². The molecule has 1 aromatic carbocycles. The largest absolute Gasteiger partial charge is 0.434 e. The van der Waals surface area contributed by atoms with E-state index in [0.29, 0.717) is 30.4 Å². The molecule has 2 aromatic rings. The normalized spacial score (nSPS) is 17.6. The fourth-order valence-corrected chi connectivity index (χ4v) is 6.18. The second-order valence-corrected chi connectivity index (χ2v) is 12.3. The summed E-state index contributed by atoms with van der Waals surface area (Å²) in [6.45, 7) is 20.2. The molecule has 1 spiro atoms. The van der Waals surface area contributed by atoms with Crippen molar-refractivity contribution in [1.82, 2.24) is 30.3 Å². The van der Waals surface area contributed by atoms with Crippen molar-refractivity contribution in [3.63, 3.8) is 0 Å². The molecule has 9 nitrogen and oxygen atoms in total. The number of carbonyl (C=O) groups excluding carboxylic acids is 1. The standard InChI is InChI=1S/C30H46FN7O2/c1-8-38(22(6)7)29(39)24-15-23(31)9-10-26(24)40-28-27(33-19-34-35-28)36-14-12-30(16-36)17-37(18-30)25(20(2)3)11-13-32-21(4)5/h9-10,15,19-22,25,32H,8,11-14,16-18H2,1-7H3. The van der Waals surface area contributed by atoms with Crippen molar-refractivity contribution in [2.75, 3.05) is 44.2 Å². The fourth-order valence-electron chi connectivity index (χ4n) is 6.18. The van der Waals surface area contributed by atoms with E-state index in [0.717, 1.165) is 45.6 Å². The molecule has 0 saturated carbocycles. The van der Waals surface area contributed by atoms with Crippen LogP contribution in [0.1, 0.15) is 71.7 Å². The van der Waals surface area contributed by atoms with Crippen LogP contribution in [-0.4, -0.2) is 88.3 Å². The van der Waals surface area contributed by atoms with Gasteiger partial charge in [0.05, 0.1) is 5.56 Å². The highest BCUT2D eigenvalue weighted by Gasteiger charge is 2.50. The number of halogens is 1. The van der Waals surface area contributed by atoms with Gasteiger partial charge in [-0.1, -0.05) is 27.7 Å². The molecule has 40 heavy (non-hydrogen) atoms. The fraction of sp³-hybridized carbons (Fsp3) is 0.667. The van der Waals surface area contributed by atoms with Gasteiger partial charge in [0, 0.05) is 56.3 Å². The van der Waals surface area contributed by atoms with Gasteiger partial charge in [0.1, 0.15) is 17.9 Å². The third kappa shape index (κ3) is 6.71. The first-order valence-corrected chi connectivity index (χ1v) is 14.7. The summed E-state index contributed by atoms with van der Waals surface area (Å²) < 4.78 is 20.4. The van der Waals surface area contributed by atoms with Crippen molar-refractivity contribution < 1.29 is 13.9 Å². The third-order valence-corrected chi connectivity index (χ3v) is 8.22. The van der Waals surface area contributed by atoms with Gasteiger partial charge < -0.3 is 19.9 Å². The van der Waals surface area contributed by atoms with Gasteiger partial charge in [0.25, 0.3) is 11.8 Å². The highest BCUT2D eigenvalue weighted by atomic mass is 19.1. The Hall–Kier alpha value is -2.85. The van der Waals surface area contributed by atoms with Crippen LogP contribution in [0.2, 0.25) is 0 Å². The summed E-state index contributed by atoms with van der Waals surface area (Å²) in [4.78, 5) is 24.3. The minimum Gasteiger partial charge on any atom is -0.434 e. The Morgan fingerprint density at radius 2 is 1.93 bits per heavy atom. The average Bonchev–Trinajstić information content (AvgIpc) is 3.33. The minimum absolute atomic E-state index is 0.0352. The Balaban J connectivity index is 1.47. The predicted molar refractivity (Wildman–Crippen MR) is 155 cm³/mol. The zero-order chi connectivity index (χ0) is 29.0. The van der Waals surface area contributed by atoms with Gasteiger partial charge in [-0.15, -0.1) is 10.2 Å². The Labute approximate surface area is 238 Å². The summed E-state index contributed by atoms with van der Waals surface area (Å²) in [6.07, 6.45) is 3.64. The number of carbonyl (C=O) groups is 1. The topological polar surface area (TPSA) is 86.7 Å². The van der Waals surface area contributed by atoms with Gasteiger partial charge in [-0.2, -0.15) is 0 Å². The molecule has 10 heteroatoms. The van der Waals surface area contributed by atoms with Crippen LogP contribution in [0.25, 0.3) is 0 Å². The first kappa shape index (κ1) is 30.1. The molecule has 2 fully saturated rings. The molecule has 1 atom stereocenters. The lowest BCUT2D eigenvalue weighted by Gasteiger charge is -2.53. The first-order valence-electron chi connectivity index (χ1n) is 14.7. The van der Waals surface area contributed by atoms with Crippen LogP contribution in [0.3, 0.4) is 0 Å². The van der Waals surface area contributed by atoms with E-state index in [4.69, 9.17) is 4.74 Å². The molecular formula is C30H46FN7O2. The van der Waals surface area contributed by atoms with E-state index in [1.165, 1.54) is 24.5 Å². The Bertz CT molecular complexity index is 1150. The van der Waals surface area contributed by atoms with Gasteiger partial charge in [-0.05, 0) is 64.3 Å². The van der Waals surface area contributed by atoms with E-state index in [1.54, 1.807) is 4.90 Å². The Morgan fingerprint density at radius 3 is 2.58 bits per heavy atom. The SMILES string of the molecule is CCN(C(=O)c1cc(F)ccc1Oc1nncnc1N1CCC2(C1)CN(C(CCNC(C)C)C(C)C)C2)C(C)C. The van der Waals surface area contributed by atoms with Crippen molar-refractivity contribution in [3.8, 4) is 11.6 Å². The van der Waals surface area contributed by atoms with Crippen molar-refractivity contribution in [3.05, 3.63) is 35.9 Å². The quantitative estimate of drug-likeness (QED) is 0.407. The number of amides is 1. The number of ether oxygens (including phenoxy) is 1. The number of likely N-dealkylation sites (tertiary alicyclic amines) is 1. The summed E-state index contributed by atoms with van der Waals surface area (Å²) in [5.74, 6) is 0.885. The predicted octanol–water partition coefficient (Wildman–Crippen LogP) is 4.60. The number of nitrogens with one attached hydrogen (secondary N) is 1. The molecule has 3 heterocycles. The number of nitrogens with zero attached hydrogens (tertiary/aromatic N) is 6. The number of rotatable bonds is 12. The number of aromatic nitrogens is 3. The molecule has 1 unspecified atom stereocenters. The number of hydrogen-bond donors (Lipinski definition) is 1. The molecule has 0 aliphatic carbocycles. The number of anilines is 1. The van der Waals surface area contributed by atoms with Crippen molar-refractivity contribution in [1.29, 1.82) is 0 Å². The van der Waals surface area contributed by atoms with Crippen molar-refractivity contribution in [2.24, 2.45) is 11.3 Å². The molecule has 0 bridgehead atoms. The molecule has 0 radical (unpaired) electrons. The maximum absolute atomic E-state index is 14.2. The highest BCUT2D eigenvalue weighted by molar-refractivity contribution is 5.97. The molecule has 2 aliphatic heterocycles. The van der Waals surface area contributed by atoms with Crippen LogP contribution in [0.5, 0.6) is 11.6 Å². The zero-order valence-electron chi connectivity index (χ0n) is 25.2. The maximum Gasteiger partial charge on any atom is 0.282 e. The second kappa shape index (κ2) is 12.8. The van der Waals surface area contributed by atoms with Gasteiger partial charge in [0.15, 0.2) is 5.82 Å². The zero-order valence-corrected chi connectivity index (χ0v) is 25.2. The summed E-state index contributed by atoms with van der Waals surface area (Å²) in [5.41, 5.74) is 0.378. The summed E-state index contributed by atoms with van der Waals surface area (Å²) >= 11 is 0. The number of benzene rings is 1. The van der Waals surface area contributed by atoms with E-state index in [2.05, 4.69) is 58.0 Å². The van der Waals surface area contributed by atoms with Gasteiger partial charge in [-0.3, -0.25) is 9.69 Å². The van der Waals surface area contributed by atoms with E-state index in [-0.39, 0.29) is 34.6 Å². The molecule has 220 valence electrons. The molecule has 2 saturated heterocycles. The Morgan fingerprint density at radius 1 is 1.18 bits per heavy atom. The van der Waals surface area contributed by atoms with Crippen LogP contribution in [0.4, 0.5) is 10.2 Å². The maximum atomic E-state index is 14.2. The lowest BCUT2D eigenvalue weighted by molar-refractivity contribution is -0.0333. The van der Waals surface area contributed by atoms with Crippen LogP contribution >= 0.6 is 0 Å². The van der Waals surface area contributed by atoms with E-state index < -0.39 is 5.82 Å². The molecular weight excluding hydrogens is 509 g/mol. The molecule has 1 amide bonds. The summed E-state index contributed by atoms with van der Waals surface area (Å²) in [7, 11) is 0. The lowest BCUT2D eigenvalue weighted by Crippen LogP contribution is -2.62. The monoisotopic (exact) mass is 555 g/mol. The van der Waals surface area contributed by atoms with Crippen molar-refractivity contribution >= 4 is 11.7 Å². The van der Waals surface area contributed by atoms with Gasteiger partial charge in [0.2, 0.25) is 0 Å². The minimum atomic E-state index is -0.497. The van der Waals surface area contributed by atoms with Gasteiger partial charge in [-0.25, -0.2) is 9.37 Å². The van der Waals surface area contributed by atoms with Gasteiger partial charge >= 0.3 is 0 Å². The van der Waals surface area contributed by atoms with Crippen molar-refractivity contribution in [2.45, 2.75) is 79.4 Å². The number of hydrogen-bond acceptors (Lipinski definition) is 8. The van der Waals surface area contributed by atoms with E-state index in [9.17, 15) is 9.18 Å². The van der Waals surface area contributed by atoms with Crippen LogP contribution in [0, 0.1) is 17.2 Å². The smallest absolute Gasteiger partial charge is 0.282 e. The molecule has 1 N–H and O–H groups in total. The summed E-state index contributed by atoms with van der Waals surface area (Å²) in [5, 5.41) is 11.8.